The molecule has 8 heteroatoms. The third-order valence-corrected chi connectivity index (χ3v) is 4.27. The third kappa shape index (κ3) is 5.07. The summed E-state index contributed by atoms with van der Waals surface area (Å²) in [6.45, 7) is 1.04. The molecule has 1 saturated heterocycles. The van der Waals surface area contributed by atoms with Crippen LogP contribution in [0.1, 0.15) is 12.8 Å². The zero-order chi connectivity index (χ0) is 19.2. The Kier molecular flexibility index (Phi) is 6.08. The largest absolute Gasteiger partial charge is 0.489 e. The lowest BCUT2D eigenvalue weighted by atomic mass is 10.2. The van der Waals surface area contributed by atoms with Crippen LogP contribution in [0.5, 0.6) is 5.75 Å². The van der Waals surface area contributed by atoms with Gasteiger partial charge in [-0.3, -0.25) is 9.59 Å². The lowest BCUT2D eigenvalue weighted by Crippen LogP contribution is -2.30. The Balaban J connectivity index is 1.63. The van der Waals surface area contributed by atoms with Gasteiger partial charge in [0, 0.05) is 26.8 Å². The summed E-state index contributed by atoms with van der Waals surface area (Å²) < 4.78 is 12.5. The molecule has 1 amide bonds. The van der Waals surface area contributed by atoms with Gasteiger partial charge in [-0.1, -0.05) is 12.1 Å². The molecule has 144 valence electrons. The quantitative estimate of drug-likeness (QED) is 0.793. The van der Waals surface area contributed by atoms with Crippen molar-refractivity contribution in [2.45, 2.75) is 25.5 Å². The molecule has 1 aromatic carbocycles. The fraction of sp³-hybridized carbons (Fsp3) is 0.421. The lowest BCUT2D eigenvalue weighted by Gasteiger charge is -2.15. The van der Waals surface area contributed by atoms with E-state index in [4.69, 9.17) is 9.47 Å². The van der Waals surface area contributed by atoms with Crippen LogP contribution in [0.2, 0.25) is 0 Å². The minimum Gasteiger partial charge on any atom is -0.489 e. The highest BCUT2D eigenvalue weighted by Crippen LogP contribution is 2.25. The molecule has 1 aliphatic heterocycles. The summed E-state index contributed by atoms with van der Waals surface area (Å²) in [5.41, 5.74) is 0.905. The van der Waals surface area contributed by atoms with Crippen molar-refractivity contribution in [2.75, 3.05) is 37.5 Å². The van der Waals surface area contributed by atoms with Crippen LogP contribution in [0.3, 0.4) is 0 Å². The summed E-state index contributed by atoms with van der Waals surface area (Å²) in [7, 11) is 3.64. The van der Waals surface area contributed by atoms with Gasteiger partial charge in [0.05, 0.1) is 23.7 Å². The Morgan fingerprint density at radius 1 is 1.41 bits per heavy atom. The number of amides is 1. The first-order valence-corrected chi connectivity index (χ1v) is 8.90. The van der Waals surface area contributed by atoms with E-state index in [9.17, 15) is 9.59 Å². The number of nitrogens with one attached hydrogen (secondary N) is 1. The van der Waals surface area contributed by atoms with Crippen LogP contribution in [0.25, 0.3) is 0 Å². The molecule has 0 spiro atoms. The number of hydrogen-bond donors (Lipinski definition) is 1. The first kappa shape index (κ1) is 18.9. The Labute approximate surface area is 157 Å². The number of anilines is 2. The summed E-state index contributed by atoms with van der Waals surface area (Å²) in [5, 5.41) is 6.83. The Morgan fingerprint density at radius 3 is 2.93 bits per heavy atom. The Bertz CT molecular complexity index is 844. The normalized spacial score (nSPS) is 16.1. The first-order chi connectivity index (χ1) is 13.0. The van der Waals surface area contributed by atoms with Crippen molar-refractivity contribution in [3.63, 3.8) is 0 Å². The highest BCUT2D eigenvalue weighted by Gasteiger charge is 2.17. The SMILES string of the molecule is CN(C)c1cnn(CC(=O)Nc2ccccc2OC[C@@H]2CCCO2)c(=O)c1. The molecule has 1 fully saturated rings. The topological polar surface area (TPSA) is 85.7 Å². The van der Waals surface area contributed by atoms with Gasteiger partial charge >= 0.3 is 0 Å². The molecule has 0 unspecified atom stereocenters. The Hall–Kier alpha value is -2.87. The summed E-state index contributed by atoms with van der Waals surface area (Å²) in [6.07, 6.45) is 3.66. The van der Waals surface area contributed by atoms with E-state index in [1.165, 1.54) is 6.07 Å². The van der Waals surface area contributed by atoms with E-state index in [1.807, 2.05) is 26.2 Å². The number of aromatic nitrogens is 2. The van der Waals surface area contributed by atoms with E-state index in [2.05, 4.69) is 10.4 Å². The predicted octanol–water partition coefficient (Wildman–Crippen LogP) is 1.51. The van der Waals surface area contributed by atoms with Gasteiger partial charge in [-0.05, 0) is 25.0 Å². The van der Waals surface area contributed by atoms with Crippen molar-refractivity contribution in [1.82, 2.24) is 9.78 Å². The number of hydrogen-bond acceptors (Lipinski definition) is 6. The molecular formula is C19H24N4O4. The van der Waals surface area contributed by atoms with Gasteiger partial charge in [0.15, 0.2) is 0 Å². The summed E-state index contributed by atoms with van der Waals surface area (Å²) >= 11 is 0. The molecule has 0 saturated carbocycles. The van der Waals surface area contributed by atoms with Crippen LogP contribution in [0.15, 0.2) is 41.3 Å². The van der Waals surface area contributed by atoms with E-state index in [1.54, 1.807) is 23.2 Å². The molecule has 27 heavy (non-hydrogen) atoms. The number of carbonyl (C=O) groups is 1. The average Bonchev–Trinajstić information content (AvgIpc) is 3.16. The second kappa shape index (κ2) is 8.68. The minimum absolute atomic E-state index is 0.0896. The number of carbonyl (C=O) groups excluding carboxylic acids is 1. The molecule has 2 aromatic rings. The summed E-state index contributed by atoms with van der Waals surface area (Å²) in [4.78, 5) is 26.2. The van der Waals surface area contributed by atoms with Crippen molar-refractivity contribution in [3.8, 4) is 5.75 Å². The molecule has 3 rings (SSSR count). The van der Waals surface area contributed by atoms with Crippen LogP contribution in [-0.4, -0.2) is 49.1 Å². The van der Waals surface area contributed by atoms with Gasteiger partial charge in [0.1, 0.15) is 18.9 Å². The maximum atomic E-state index is 12.4. The Morgan fingerprint density at radius 2 is 2.22 bits per heavy atom. The van der Waals surface area contributed by atoms with Crippen LogP contribution >= 0.6 is 0 Å². The van der Waals surface area contributed by atoms with E-state index >= 15 is 0 Å². The standard InChI is InChI=1S/C19H24N4O4/c1-22(2)14-10-19(25)23(20-11-14)12-18(24)21-16-7-3-4-8-17(16)27-13-15-6-5-9-26-15/h3-4,7-8,10-11,15H,5-6,9,12-13H2,1-2H3,(H,21,24)/t15-/m0/s1. The van der Waals surface area contributed by atoms with Crippen molar-refractivity contribution >= 4 is 17.3 Å². The number of rotatable bonds is 7. The molecule has 1 aliphatic rings. The smallest absolute Gasteiger partial charge is 0.269 e. The fourth-order valence-corrected chi connectivity index (χ4v) is 2.77. The first-order valence-electron chi connectivity index (χ1n) is 8.90. The molecule has 1 atom stereocenters. The number of nitrogens with zero attached hydrogens (tertiary/aromatic N) is 3. The van der Waals surface area contributed by atoms with Gasteiger partial charge in [0.2, 0.25) is 5.91 Å². The number of ether oxygens (including phenoxy) is 2. The van der Waals surface area contributed by atoms with Gasteiger partial charge < -0.3 is 19.7 Å². The van der Waals surface area contributed by atoms with Gasteiger partial charge in [-0.25, -0.2) is 4.68 Å². The van der Waals surface area contributed by atoms with Crippen LogP contribution in [0, 0.1) is 0 Å². The molecule has 0 radical (unpaired) electrons. The monoisotopic (exact) mass is 372 g/mol. The maximum absolute atomic E-state index is 12.4. The van der Waals surface area contributed by atoms with E-state index in [0.29, 0.717) is 23.7 Å². The van der Waals surface area contributed by atoms with Gasteiger partial charge in [0.25, 0.3) is 5.56 Å². The number of para-hydroxylation sites is 2. The maximum Gasteiger partial charge on any atom is 0.269 e. The summed E-state index contributed by atoms with van der Waals surface area (Å²) in [5.74, 6) is 0.222. The molecular weight excluding hydrogens is 348 g/mol. The highest BCUT2D eigenvalue weighted by molar-refractivity contribution is 5.92. The van der Waals surface area contributed by atoms with Crippen LogP contribution in [-0.2, 0) is 16.1 Å². The zero-order valence-corrected chi connectivity index (χ0v) is 15.6. The van der Waals surface area contributed by atoms with Crippen molar-refractivity contribution in [1.29, 1.82) is 0 Å². The van der Waals surface area contributed by atoms with Crippen molar-refractivity contribution in [2.24, 2.45) is 0 Å². The zero-order valence-electron chi connectivity index (χ0n) is 15.6. The van der Waals surface area contributed by atoms with E-state index in [0.717, 1.165) is 24.1 Å². The minimum atomic E-state index is -0.352. The molecule has 8 nitrogen and oxygen atoms in total. The summed E-state index contributed by atoms with van der Waals surface area (Å²) in [6, 6.07) is 8.64. The highest BCUT2D eigenvalue weighted by atomic mass is 16.5. The van der Waals surface area contributed by atoms with Gasteiger partial charge in [-0.15, -0.1) is 0 Å². The molecule has 1 aromatic heterocycles. The third-order valence-electron chi connectivity index (χ3n) is 4.27. The molecule has 2 heterocycles. The van der Waals surface area contributed by atoms with Gasteiger partial charge in [-0.2, -0.15) is 5.10 Å². The van der Waals surface area contributed by atoms with Crippen molar-refractivity contribution in [3.05, 3.63) is 46.9 Å². The van der Waals surface area contributed by atoms with E-state index in [-0.39, 0.29) is 24.1 Å². The average molecular weight is 372 g/mol. The lowest BCUT2D eigenvalue weighted by molar-refractivity contribution is -0.117. The molecule has 0 bridgehead atoms. The number of benzene rings is 1. The molecule has 0 aliphatic carbocycles. The molecule has 1 N–H and O–H groups in total. The van der Waals surface area contributed by atoms with Crippen molar-refractivity contribution < 1.29 is 14.3 Å². The second-order valence-corrected chi connectivity index (χ2v) is 6.59. The van der Waals surface area contributed by atoms with Crippen LogP contribution in [0.4, 0.5) is 11.4 Å². The van der Waals surface area contributed by atoms with E-state index < -0.39 is 0 Å². The predicted molar refractivity (Wildman–Crippen MR) is 102 cm³/mol. The fourth-order valence-electron chi connectivity index (χ4n) is 2.77. The van der Waals surface area contributed by atoms with Crippen LogP contribution < -0.4 is 20.5 Å². The second-order valence-electron chi connectivity index (χ2n) is 6.59.